The zero-order valence-electron chi connectivity index (χ0n) is 17.6. The van der Waals surface area contributed by atoms with E-state index in [9.17, 15) is 13.2 Å². The SMILES string of the molecule is CC(C)c1cccc(C(C)C)c1NC(=O)Cc1ccc(S(=O)(=O)N2CCCC2)s1. The molecule has 2 aromatic rings. The standard InChI is InChI=1S/C22H30N2O3S2/c1-15(2)18-8-7-9-19(16(3)4)22(18)23-20(25)14-17-10-11-21(28-17)29(26,27)24-12-5-6-13-24/h7-11,15-16H,5-6,12-14H2,1-4H3,(H,23,25). The van der Waals surface area contributed by atoms with E-state index < -0.39 is 10.0 Å². The van der Waals surface area contributed by atoms with Gasteiger partial charge in [-0.25, -0.2) is 8.42 Å². The molecule has 1 N–H and O–H groups in total. The van der Waals surface area contributed by atoms with E-state index in [1.165, 1.54) is 15.6 Å². The minimum Gasteiger partial charge on any atom is -0.325 e. The van der Waals surface area contributed by atoms with Crippen LogP contribution >= 0.6 is 11.3 Å². The van der Waals surface area contributed by atoms with Crippen LogP contribution in [0.15, 0.2) is 34.5 Å². The highest BCUT2D eigenvalue weighted by atomic mass is 32.2. The number of hydrogen-bond donors (Lipinski definition) is 1. The van der Waals surface area contributed by atoms with Crippen molar-refractivity contribution >= 4 is 33.0 Å². The summed E-state index contributed by atoms with van der Waals surface area (Å²) in [6, 6.07) is 9.53. The molecule has 0 bridgehead atoms. The molecule has 0 radical (unpaired) electrons. The first kappa shape index (κ1) is 22.0. The molecular formula is C22H30N2O3S2. The number of anilines is 1. The van der Waals surface area contributed by atoms with Crippen LogP contribution < -0.4 is 5.32 Å². The summed E-state index contributed by atoms with van der Waals surface area (Å²) in [7, 11) is -3.43. The Labute approximate surface area is 178 Å². The summed E-state index contributed by atoms with van der Waals surface area (Å²) >= 11 is 1.20. The lowest BCUT2D eigenvalue weighted by atomic mass is 9.92. The van der Waals surface area contributed by atoms with Gasteiger partial charge in [-0.15, -0.1) is 11.3 Å². The van der Waals surface area contributed by atoms with Crippen molar-refractivity contribution in [2.45, 2.75) is 63.0 Å². The smallest absolute Gasteiger partial charge is 0.252 e. The molecule has 2 heterocycles. The molecule has 1 fully saturated rings. The monoisotopic (exact) mass is 434 g/mol. The Morgan fingerprint density at radius 1 is 1.03 bits per heavy atom. The lowest BCUT2D eigenvalue weighted by molar-refractivity contribution is -0.115. The molecule has 1 saturated heterocycles. The Hall–Kier alpha value is -1.70. The quantitative estimate of drug-likeness (QED) is 0.670. The zero-order chi connectivity index (χ0) is 21.2. The summed E-state index contributed by atoms with van der Waals surface area (Å²) in [5.74, 6) is 0.470. The normalized spacial score (nSPS) is 15.4. The Kier molecular flexibility index (Phi) is 6.81. The Morgan fingerprint density at radius 3 is 2.17 bits per heavy atom. The van der Waals surface area contributed by atoms with E-state index in [-0.39, 0.29) is 12.3 Å². The number of thiophene rings is 1. The van der Waals surface area contributed by atoms with E-state index >= 15 is 0 Å². The van der Waals surface area contributed by atoms with Crippen molar-refractivity contribution in [3.05, 3.63) is 46.3 Å². The molecule has 0 spiro atoms. The first-order valence-corrected chi connectivity index (χ1v) is 12.5. The number of carbonyl (C=O) groups excluding carboxylic acids is 1. The van der Waals surface area contributed by atoms with Crippen LogP contribution in [-0.2, 0) is 21.2 Å². The number of amides is 1. The second-order valence-electron chi connectivity index (χ2n) is 8.18. The molecule has 1 aliphatic heterocycles. The summed E-state index contributed by atoms with van der Waals surface area (Å²) in [6.07, 6.45) is 1.99. The van der Waals surface area contributed by atoms with Gasteiger partial charge in [-0.05, 0) is 47.9 Å². The van der Waals surface area contributed by atoms with Crippen LogP contribution in [0.1, 0.15) is 68.4 Å². The maximum absolute atomic E-state index is 12.8. The van der Waals surface area contributed by atoms with Crippen LogP contribution in [0, 0.1) is 0 Å². The maximum Gasteiger partial charge on any atom is 0.252 e. The van der Waals surface area contributed by atoms with E-state index in [0.717, 1.165) is 34.5 Å². The highest BCUT2D eigenvalue weighted by molar-refractivity contribution is 7.91. The average molecular weight is 435 g/mol. The third-order valence-electron chi connectivity index (χ3n) is 5.27. The molecule has 158 valence electrons. The lowest BCUT2D eigenvalue weighted by Crippen LogP contribution is -2.27. The van der Waals surface area contributed by atoms with Crippen LogP contribution in [0.25, 0.3) is 0 Å². The van der Waals surface area contributed by atoms with Gasteiger partial charge in [-0.3, -0.25) is 4.79 Å². The van der Waals surface area contributed by atoms with E-state index in [4.69, 9.17) is 0 Å². The van der Waals surface area contributed by atoms with Gasteiger partial charge in [-0.1, -0.05) is 45.9 Å². The van der Waals surface area contributed by atoms with Crippen molar-refractivity contribution in [1.29, 1.82) is 0 Å². The van der Waals surface area contributed by atoms with Gasteiger partial charge in [0.1, 0.15) is 4.21 Å². The molecule has 0 unspecified atom stereocenters. The van der Waals surface area contributed by atoms with Gasteiger partial charge in [0.05, 0.1) is 6.42 Å². The van der Waals surface area contributed by atoms with Crippen molar-refractivity contribution in [1.82, 2.24) is 4.31 Å². The van der Waals surface area contributed by atoms with Gasteiger partial charge in [0.25, 0.3) is 10.0 Å². The minimum absolute atomic E-state index is 0.119. The number of sulfonamides is 1. The number of benzene rings is 1. The third kappa shape index (κ3) is 4.90. The number of para-hydroxylation sites is 1. The van der Waals surface area contributed by atoms with Crippen LogP contribution in [0.2, 0.25) is 0 Å². The third-order valence-corrected chi connectivity index (χ3v) is 8.72. The van der Waals surface area contributed by atoms with Crippen LogP contribution in [0.5, 0.6) is 0 Å². The summed E-state index contributed by atoms with van der Waals surface area (Å²) in [5, 5.41) is 3.10. The van der Waals surface area contributed by atoms with E-state index in [1.807, 2.05) is 6.07 Å². The minimum atomic E-state index is -3.43. The molecular weight excluding hydrogens is 404 g/mol. The molecule has 7 heteroatoms. The van der Waals surface area contributed by atoms with Crippen molar-refractivity contribution < 1.29 is 13.2 Å². The summed E-state index contributed by atoms with van der Waals surface area (Å²) in [5.41, 5.74) is 3.13. The lowest BCUT2D eigenvalue weighted by Gasteiger charge is -2.20. The van der Waals surface area contributed by atoms with Gasteiger partial charge < -0.3 is 5.32 Å². The predicted octanol–water partition coefficient (Wildman–Crippen LogP) is 4.96. The number of rotatable bonds is 7. The highest BCUT2D eigenvalue weighted by Gasteiger charge is 2.28. The second kappa shape index (κ2) is 8.98. The topological polar surface area (TPSA) is 66.5 Å². The maximum atomic E-state index is 12.8. The Bertz CT molecular complexity index is 945. The number of hydrogen-bond acceptors (Lipinski definition) is 4. The largest absolute Gasteiger partial charge is 0.325 e. The number of nitrogens with one attached hydrogen (secondary N) is 1. The number of carbonyl (C=O) groups is 1. The van der Waals surface area contributed by atoms with E-state index in [1.54, 1.807) is 12.1 Å². The fourth-order valence-corrected chi connectivity index (χ4v) is 6.71. The van der Waals surface area contributed by atoms with Crippen molar-refractivity contribution in [3.63, 3.8) is 0 Å². The zero-order valence-corrected chi connectivity index (χ0v) is 19.2. The molecule has 1 aliphatic rings. The Morgan fingerprint density at radius 2 is 1.62 bits per heavy atom. The molecule has 0 atom stereocenters. The summed E-state index contributed by atoms with van der Waals surface area (Å²) in [6.45, 7) is 9.63. The van der Waals surface area contributed by atoms with Crippen LogP contribution in [0.3, 0.4) is 0 Å². The summed E-state index contributed by atoms with van der Waals surface area (Å²) < 4.78 is 27.3. The molecule has 29 heavy (non-hydrogen) atoms. The second-order valence-corrected chi connectivity index (χ2v) is 11.5. The Balaban J connectivity index is 1.77. The van der Waals surface area contributed by atoms with Crippen molar-refractivity contribution in [2.75, 3.05) is 18.4 Å². The molecule has 3 rings (SSSR count). The van der Waals surface area contributed by atoms with Gasteiger partial charge >= 0.3 is 0 Å². The van der Waals surface area contributed by atoms with Gasteiger partial charge in [0, 0.05) is 23.7 Å². The average Bonchev–Trinajstić information content (AvgIpc) is 3.33. The van der Waals surface area contributed by atoms with E-state index in [2.05, 4.69) is 45.1 Å². The van der Waals surface area contributed by atoms with Crippen molar-refractivity contribution in [2.24, 2.45) is 0 Å². The number of nitrogens with zero attached hydrogens (tertiary/aromatic N) is 1. The molecule has 0 aliphatic carbocycles. The highest BCUT2D eigenvalue weighted by Crippen LogP contribution is 2.33. The van der Waals surface area contributed by atoms with Gasteiger partial charge in [0.15, 0.2) is 0 Å². The fourth-order valence-electron chi connectivity index (χ4n) is 3.68. The van der Waals surface area contributed by atoms with Crippen LogP contribution in [0.4, 0.5) is 5.69 Å². The fraction of sp³-hybridized carbons (Fsp3) is 0.500. The van der Waals surface area contributed by atoms with Crippen molar-refractivity contribution in [3.8, 4) is 0 Å². The summed E-state index contributed by atoms with van der Waals surface area (Å²) in [4.78, 5) is 13.5. The molecule has 0 saturated carbocycles. The van der Waals surface area contributed by atoms with Gasteiger partial charge in [-0.2, -0.15) is 4.31 Å². The first-order chi connectivity index (χ1) is 13.7. The first-order valence-electron chi connectivity index (χ1n) is 10.2. The molecule has 5 nitrogen and oxygen atoms in total. The van der Waals surface area contributed by atoms with Gasteiger partial charge in [0.2, 0.25) is 5.91 Å². The molecule has 1 aromatic heterocycles. The van der Waals surface area contributed by atoms with E-state index in [0.29, 0.717) is 29.1 Å². The molecule has 1 aromatic carbocycles. The molecule has 1 amide bonds. The van der Waals surface area contributed by atoms with Crippen LogP contribution in [-0.4, -0.2) is 31.7 Å². The predicted molar refractivity (Wildman–Crippen MR) is 119 cm³/mol.